The highest BCUT2D eigenvalue weighted by Crippen LogP contribution is 2.36. The smallest absolute Gasteiger partial charge is 0.343 e. The number of nitrogens with zero attached hydrogens (tertiary/aromatic N) is 2. The zero-order valence-corrected chi connectivity index (χ0v) is 18.5. The van der Waals surface area contributed by atoms with Crippen LogP contribution in [0.15, 0.2) is 97.2 Å². The van der Waals surface area contributed by atoms with Crippen molar-refractivity contribution in [2.75, 3.05) is 5.32 Å². The molecule has 5 nitrogen and oxygen atoms in total. The molecule has 168 valence electrons. The maximum atomic E-state index is 13.3. The Morgan fingerprint density at radius 1 is 0.941 bits per heavy atom. The molecule has 5 aromatic rings. The molecular weight excluding hydrogens is 429 g/mol. The van der Waals surface area contributed by atoms with Crippen molar-refractivity contribution < 1.29 is 13.9 Å². The molecule has 0 amide bonds. The lowest BCUT2D eigenvalue weighted by atomic mass is 10.1. The molecule has 6 heteroatoms. The van der Waals surface area contributed by atoms with Crippen LogP contribution in [0.5, 0.6) is 5.75 Å². The lowest BCUT2D eigenvalue weighted by Crippen LogP contribution is -2.09. The molecule has 0 unspecified atom stereocenters. The van der Waals surface area contributed by atoms with Gasteiger partial charge in [-0.15, -0.1) is 0 Å². The van der Waals surface area contributed by atoms with Gasteiger partial charge in [0.2, 0.25) is 0 Å². The van der Waals surface area contributed by atoms with E-state index in [4.69, 9.17) is 9.72 Å². The number of nitrogens with one attached hydrogen (secondary N) is 1. The fourth-order valence-electron chi connectivity index (χ4n) is 3.84. The van der Waals surface area contributed by atoms with Gasteiger partial charge < -0.3 is 10.1 Å². The number of hydrogen-bond donors (Lipinski definition) is 1. The van der Waals surface area contributed by atoms with E-state index in [-0.39, 0.29) is 5.56 Å². The van der Waals surface area contributed by atoms with E-state index in [9.17, 15) is 9.18 Å². The molecule has 0 spiro atoms. The average molecular weight is 452 g/mol. The first-order chi connectivity index (χ1) is 16.6. The Kier molecular flexibility index (Phi) is 5.79. The van der Waals surface area contributed by atoms with Gasteiger partial charge >= 0.3 is 5.97 Å². The molecule has 0 atom stereocenters. The van der Waals surface area contributed by atoms with E-state index in [1.165, 1.54) is 24.3 Å². The summed E-state index contributed by atoms with van der Waals surface area (Å²) in [6.45, 7) is 2.61. The zero-order valence-electron chi connectivity index (χ0n) is 18.5. The molecular formula is C28H22FN3O2. The maximum Gasteiger partial charge on any atom is 0.343 e. The average Bonchev–Trinajstić information content (AvgIpc) is 3.24. The summed E-state index contributed by atoms with van der Waals surface area (Å²) in [5.41, 5.74) is 4.59. The van der Waals surface area contributed by atoms with Crippen molar-refractivity contribution in [2.24, 2.45) is 0 Å². The molecule has 0 saturated carbocycles. The number of aromatic nitrogens is 2. The van der Waals surface area contributed by atoms with Crippen molar-refractivity contribution in [3.63, 3.8) is 0 Å². The highest BCUT2D eigenvalue weighted by Gasteiger charge is 2.20. The summed E-state index contributed by atoms with van der Waals surface area (Å²) in [5, 5.41) is 3.52. The van der Waals surface area contributed by atoms with Crippen molar-refractivity contribution in [2.45, 2.75) is 13.5 Å². The summed E-state index contributed by atoms with van der Waals surface area (Å²) < 4.78 is 21.0. The highest BCUT2D eigenvalue weighted by atomic mass is 19.1. The summed E-state index contributed by atoms with van der Waals surface area (Å²) >= 11 is 0. The number of imidazole rings is 1. The minimum atomic E-state index is -0.564. The second-order valence-electron chi connectivity index (χ2n) is 7.93. The highest BCUT2D eigenvalue weighted by molar-refractivity contribution is 5.92. The number of halogens is 1. The molecule has 0 aliphatic heterocycles. The fourth-order valence-corrected chi connectivity index (χ4v) is 3.84. The largest absolute Gasteiger partial charge is 0.422 e. The van der Waals surface area contributed by atoms with E-state index in [0.717, 1.165) is 22.6 Å². The molecule has 2 heterocycles. The first kappa shape index (κ1) is 21.4. The third-order valence-corrected chi connectivity index (χ3v) is 5.57. The van der Waals surface area contributed by atoms with Crippen LogP contribution in [-0.2, 0) is 6.54 Å². The van der Waals surface area contributed by atoms with Gasteiger partial charge in [0.05, 0.1) is 5.56 Å². The van der Waals surface area contributed by atoms with Crippen molar-refractivity contribution in [3.05, 3.63) is 120 Å². The number of hydrogen-bond acceptors (Lipinski definition) is 4. The maximum absolute atomic E-state index is 13.3. The molecule has 0 fully saturated rings. The van der Waals surface area contributed by atoms with Crippen LogP contribution < -0.4 is 10.1 Å². The van der Waals surface area contributed by atoms with Crippen LogP contribution in [0.4, 0.5) is 10.2 Å². The van der Waals surface area contributed by atoms with E-state index in [1.54, 1.807) is 12.1 Å². The van der Waals surface area contributed by atoms with Gasteiger partial charge in [0, 0.05) is 18.3 Å². The molecule has 3 aromatic carbocycles. The molecule has 0 bridgehead atoms. The Balaban J connectivity index is 1.55. The number of fused-ring (bicyclic) bond motifs is 1. The third-order valence-electron chi connectivity index (χ3n) is 5.57. The summed E-state index contributed by atoms with van der Waals surface area (Å²) in [7, 11) is 0. The second-order valence-corrected chi connectivity index (χ2v) is 7.93. The van der Waals surface area contributed by atoms with Crippen LogP contribution >= 0.6 is 0 Å². The number of aryl methyl sites for hydroxylation is 1. The number of pyridine rings is 1. The van der Waals surface area contributed by atoms with Crippen molar-refractivity contribution in [3.8, 4) is 17.0 Å². The predicted octanol–water partition coefficient (Wildman–Crippen LogP) is 6.28. The van der Waals surface area contributed by atoms with E-state index < -0.39 is 11.8 Å². The molecule has 0 radical (unpaired) electrons. The first-order valence-electron chi connectivity index (χ1n) is 10.9. The number of benzene rings is 3. The second kappa shape index (κ2) is 9.19. The van der Waals surface area contributed by atoms with Gasteiger partial charge in [0.15, 0.2) is 0 Å². The van der Waals surface area contributed by atoms with Gasteiger partial charge in [0.25, 0.3) is 0 Å². The molecule has 0 aliphatic rings. The van der Waals surface area contributed by atoms with Gasteiger partial charge in [-0.1, -0.05) is 48.5 Å². The number of carbonyl (C=O) groups is 1. The fraction of sp³-hybridized carbons (Fsp3) is 0.0714. The first-order valence-corrected chi connectivity index (χ1v) is 10.9. The summed E-state index contributed by atoms with van der Waals surface area (Å²) in [6, 6.07) is 26.6. The number of para-hydroxylation sites is 1. The monoisotopic (exact) mass is 451 g/mol. The molecule has 5 rings (SSSR count). The molecule has 2 aromatic heterocycles. The minimum absolute atomic E-state index is 0.268. The zero-order chi connectivity index (χ0) is 23.5. The molecule has 0 aliphatic carbocycles. The third kappa shape index (κ3) is 4.26. The molecule has 0 saturated heterocycles. The topological polar surface area (TPSA) is 55.6 Å². The predicted molar refractivity (Wildman–Crippen MR) is 130 cm³/mol. The van der Waals surface area contributed by atoms with E-state index in [2.05, 4.69) is 17.4 Å². The Labute approximate surface area is 196 Å². The van der Waals surface area contributed by atoms with Gasteiger partial charge in [-0.05, 0) is 60.5 Å². The molecule has 1 N–H and O–H groups in total. The van der Waals surface area contributed by atoms with E-state index >= 15 is 0 Å². The summed E-state index contributed by atoms with van der Waals surface area (Å²) in [5.74, 6) is 0.200. The van der Waals surface area contributed by atoms with Crippen molar-refractivity contribution in [1.29, 1.82) is 0 Å². The molecule has 34 heavy (non-hydrogen) atoms. The van der Waals surface area contributed by atoms with Gasteiger partial charge in [-0.25, -0.2) is 14.2 Å². The normalized spacial score (nSPS) is 10.9. The van der Waals surface area contributed by atoms with Crippen LogP contribution in [0.2, 0.25) is 0 Å². The Morgan fingerprint density at radius 2 is 1.68 bits per heavy atom. The van der Waals surface area contributed by atoms with Crippen LogP contribution in [0.1, 0.15) is 21.5 Å². The van der Waals surface area contributed by atoms with Gasteiger partial charge in [0.1, 0.15) is 28.7 Å². The van der Waals surface area contributed by atoms with Gasteiger partial charge in [-0.3, -0.25) is 4.40 Å². The van der Waals surface area contributed by atoms with Crippen molar-refractivity contribution in [1.82, 2.24) is 9.38 Å². The number of esters is 1. The van der Waals surface area contributed by atoms with E-state index in [0.29, 0.717) is 23.6 Å². The summed E-state index contributed by atoms with van der Waals surface area (Å²) in [6.07, 6.45) is 1.96. The van der Waals surface area contributed by atoms with Gasteiger partial charge in [-0.2, -0.15) is 0 Å². The Morgan fingerprint density at radius 3 is 2.47 bits per heavy atom. The number of rotatable bonds is 6. The lowest BCUT2D eigenvalue weighted by molar-refractivity contribution is 0.0735. The Bertz CT molecular complexity index is 1460. The van der Waals surface area contributed by atoms with Crippen molar-refractivity contribution >= 4 is 17.4 Å². The van der Waals surface area contributed by atoms with Crippen LogP contribution in [0, 0.1) is 12.7 Å². The van der Waals surface area contributed by atoms with E-state index in [1.807, 2.05) is 60.0 Å². The lowest BCUT2D eigenvalue weighted by Gasteiger charge is -2.12. The number of anilines is 1. The summed E-state index contributed by atoms with van der Waals surface area (Å²) in [4.78, 5) is 17.7. The Hall–Kier alpha value is -4.45. The quantitative estimate of drug-likeness (QED) is 0.244. The van der Waals surface area contributed by atoms with Crippen LogP contribution in [0.3, 0.4) is 0 Å². The number of ether oxygens (including phenoxy) is 1. The van der Waals surface area contributed by atoms with Crippen LogP contribution in [-0.4, -0.2) is 15.4 Å². The standard InChI is InChI=1S/C28H22FN3O2/c1-19-8-7-17-32-26(19)31-25(27(32)30-18-20-9-3-2-4-10-20)23-11-5-6-12-24(23)34-28(33)21-13-15-22(29)16-14-21/h2-17,30H,18H2,1H3. The minimum Gasteiger partial charge on any atom is -0.422 e. The number of carbonyl (C=O) groups excluding carboxylic acids is 1. The van der Waals surface area contributed by atoms with Crippen LogP contribution in [0.25, 0.3) is 16.9 Å². The SMILES string of the molecule is Cc1cccn2c(NCc3ccccc3)c(-c3ccccc3OC(=O)c3ccc(F)cc3)nc12.